The highest BCUT2D eigenvalue weighted by molar-refractivity contribution is 5.31. The standard InChI is InChI=1S/C13H16O2/c14-13-8-4-7-12(13,9-10-15-13)11-5-2-1-3-6-11/h1-3,5-6,14H,4,7-10H2. The molecule has 80 valence electrons. The first-order chi connectivity index (χ1) is 7.27. The summed E-state index contributed by atoms with van der Waals surface area (Å²) in [6.45, 7) is 0.686. The van der Waals surface area contributed by atoms with Gasteiger partial charge in [-0.15, -0.1) is 0 Å². The van der Waals surface area contributed by atoms with Crippen LogP contribution in [-0.2, 0) is 10.2 Å². The number of rotatable bonds is 1. The Hall–Kier alpha value is -0.860. The SMILES string of the molecule is OC12CCCC1(c1ccccc1)CCO2. The van der Waals surface area contributed by atoms with Crippen LogP contribution in [0.15, 0.2) is 30.3 Å². The summed E-state index contributed by atoms with van der Waals surface area (Å²) in [5.74, 6) is -0.894. The van der Waals surface area contributed by atoms with Gasteiger partial charge in [-0.1, -0.05) is 30.3 Å². The third kappa shape index (κ3) is 1.12. The van der Waals surface area contributed by atoms with E-state index in [-0.39, 0.29) is 5.41 Å². The zero-order chi connectivity index (χ0) is 10.4. The van der Waals surface area contributed by atoms with Crippen molar-refractivity contribution in [3.63, 3.8) is 0 Å². The summed E-state index contributed by atoms with van der Waals surface area (Å²) < 4.78 is 5.58. The van der Waals surface area contributed by atoms with Gasteiger partial charge in [-0.2, -0.15) is 0 Å². The minimum Gasteiger partial charge on any atom is -0.365 e. The number of hydrogen-bond acceptors (Lipinski definition) is 2. The van der Waals surface area contributed by atoms with Crippen molar-refractivity contribution in [1.82, 2.24) is 0 Å². The molecule has 0 amide bonds. The summed E-state index contributed by atoms with van der Waals surface area (Å²) in [5.41, 5.74) is 1.11. The summed E-state index contributed by atoms with van der Waals surface area (Å²) in [5, 5.41) is 10.5. The molecule has 2 aliphatic rings. The summed E-state index contributed by atoms with van der Waals surface area (Å²) in [6.07, 6.45) is 3.84. The quantitative estimate of drug-likeness (QED) is 0.760. The topological polar surface area (TPSA) is 29.5 Å². The Morgan fingerprint density at radius 3 is 2.67 bits per heavy atom. The second-order valence-electron chi connectivity index (χ2n) is 4.68. The summed E-state index contributed by atoms with van der Waals surface area (Å²) in [7, 11) is 0. The number of hydrogen-bond donors (Lipinski definition) is 1. The van der Waals surface area contributed by atoms with Crippen LogP contribution in [0.4, 0.5) is 0 Å². The lowest BCUT2D eigenvalue weighted by Gasteiger charge is -2.35. The fourth-order valence-corrected chi connectivity index (χ4v) is 3.26. The zero-order valence-electron chi connectivity index (χ0n) is 8.78. The van der Waals surface area contributed by atoms with E-state index in [0.717, 1.165) is 25.7 Å². The van der Waals surface area contributed by atoms with E-state index in [2.05, 4.69) is 12.1 Å². The molecule has 2 unspecified atom stereocenters. The molecule has 1 aromatic carbocycles. The molecule has 1 aliphatic carbocycles. The van der Waals surface area contributed by atoms with E-state index in [4.69, 9.17) is 4.74 Å². The third-order valence-corrected chi connectivity index (χ3v) is 4.06. The van der Waals surface area contributed by atoms with Crippen molar-refractivity contribution in [3.05, 3.63) is 35.9 Å². The van der Waals surface area contributed by atoms with Crippen LogP contribution in [0.25, 0.3) is 0 Å². The lowest BCUT2D eigenvalue weighted by Crippen LogP contribution is -2.43. The van der Waals surface area contributed by atoms with Crippen LogP contribution in [0, 0.1) is 0 Å². The third-order valence-electron chi connectivity index (χ3n) is 4.06. The molecule has 1 saturated heterocycles. The first kappa shape index (κ1) is 9.37. The molecule has 2 nitrogen and oxygen atoms in total. The molecule has 1 heterocycles. The monoisotopic (exact) mass is 204 g/mol. The highest BCUT2D eigenvalue weighted by Crippen LogP contribution is 2.54. The molecule has 1 saturated carbocycles. The van der Waals surface area contributed by atoms with Crippen molar-refractivity contribution in [1.29, 1.82) is 0 Å². The predicted octanol–water partition coefficient (Wildman–Crippen LogP) is 2.22. The van der Waals surface area contributed by atoms with E-state index in [0.29, 0.717) is 6.61 Å². The van der Waals surface area contributed by atoms with Crippen molar-refractivity contribution in [2.75, 3.05) is 6.61 Å². The molecular weight excluding hydrogens is 188 g/mol. The first-order valence-corrected chi connectivity index (χ1v) is 5.69. The Kier molecular flexibility index (Phi) is 1.91. The molecule has 1 aromatic rings. The molecule has 2 fully saturated rings. The molecule has 0 spiro atoms. The maximum atomic E-state index is 10.5. The Bertz CT molecular complexity index is 348. The lowest BCUT2D eigenvalue weighted by atomic mass is 9.74. The molecule has 0 bridgehead atoms. The average molecular weight is 204 g/mol. The maximum absolute atomic E-state index is 10.5. The summed E-state index contributed by atoms with van der Waals surface area (Å²) in [4.78, 5) is 0. The van der Waals surface area contributed by atoms with Gasteiger partial charge in [0.15, 0.2) is 5.79 Å². The van der Waals surface area contributed by atoms with Crippen molar-refractivity contribution in [2.45, 2.75) is 36.9 Å². The van der Waals surface area contributed by atoms with E-state index < -0.39 is 5.79 Å². The van der Waals surface area contributed by atoms with Crippen molar-refractivity contribution in [3.8, 4) is 0 Å². The largest absolute Gasteiger partial charge is 0.365 e. The second-order valence-corrected chi connectivity index (χ2v) is 4.68. The van der Waals surface area contributed by atoms with Crippen molar-refractivity contribution in [2.24, 2.45) is 0 Å². The molecular formula is C13H16O2. The van der Waals surface area contributed by atoms with Crippen LogP contribution in [0.1, 0.15) is 31.2 Å². The zero-order valence-corrected chi connectivity index (χ0v) is 8.78. The van der Waals surface area contributed by atoms with Crippen LogP contribution in [0.2, 0.25) is 0 Å². The number of ether oxygens (including phenoxy) is 1. The van der Waals surface area contributed by atoms with Gasteiger partial charge >= 0.3 is 0 Å². The maximum Gasteiger partial charge on any atom is 0.175 e. The molecule has 0 aromatic heterocycles. The van der Waals surface area contributed by atoms with E-state index in [1.165, 1.54) is 5.56 Å². The fourth-order valence-electron chi connectivity index (χ4n) is 3.26. The molecule has 15 heavy (non-hydrogen) atoms. The van der Waals surface area contributed by atoms with E-state index in [1.807, 2.05) is 18.2 Å². The van der Waals surface area contributed by atoms with Gasteiger partial charge in [-0.05, 0) is 24.8 Å². The fraction of sp³-hybridized carbons (Fsp3) is 0.538. The molecule has 1 aliphatic heterocycles. The minimum absolute atomic E-state index is 0.131. The Labute approximate surface area is 89.9 Å². The predicted molar refractivity (Wildman–Crippen MR) is 57.5 cm³/mol. The van der Waals surface area contributed by atoms with E-state index in [1.54, 1.807) is 0 Å². The van der Waals surface area contributed by atoms with Crippen LogP contribution < -0.4 is 0 Å². The molecule has 2 heteroatoms. The number of aliphatic hydroxyl groups is 1. The van der Waals surface area contributed by atoms with Gasteiger partial charge in [0.05, 0.1) is 12.0 Å². The molecule has 3 rings (SSSR count). The Balaban J connectivity index is 2.10. The molecule has 1 N–H and O–H groups in total. The van der Waals surface area contributed by atoms with Gasteiger partial charge in [0, 0.05) is 6.42 Å². The lowest BCUT2D eigenvalue weighted by molar-refractivity contribution is -0.191. The summed E-state index contributed by atoms with van der Waals surface area (Å²) >= 11 is 0. The van der Waals surface area contributed by atoms with Gasteiger partial charge in [0.2, 0.25) is 0 Å². The van der Waals surface area contributed by atoms with Gasteiger partial charge < -0.3 is 9.84 Å². The van der Waals surface area contributed by atoms with Crippen LogP contribution in [-0.4, -0.2) is 17.5 Å². The highest BCUT2D eigenvalue weighted by atomic mass is 16.6. The van der Waals surface area contributed by atoms with Crippen molar-refractivity contribution >= 4 is 0 Å². The van der Waals surface area contributed by atoms with Gasteiger partial charge in [0.25, 0.3) is 0 Å². The average Bonchev–Trinajstić information content (AvgIpc) is 2.73. The Morgan fingerprint density at radius 1 is 1.07 bits per heavy atom. The van der Waals surface area contributed by atoms with Crippen LogP contribution in [0.5, 0.6) is 0 Å². The van der Waals surface area contributed by atoms with E-state index >= 15 is 0 Å². The van der Waals surface area contributed by atoms with Gasteiger partial charge in [-0.25, -0.2) is 0 Å². The van der Waals surface area contributed by atoms with Crippen LogP contribution in [0.3, 0.4) is 0 Å². The normalized spacial score (nSPS) is 39.3. The Morgan fingerprint density at radius 2 is 1.87 bits per heavy atom. The van der Waals surface area contributed by atoms with Gasteiger partial charge in [0.1, 0.15) is 0 Å². The van der Waals surface area contributed by atoms with Crippen LogP contribution >= 0.6 is 0 Å². The van der Waals surface area contributed by atoms with Crippen molar-refractivity contribution < 1.29 is 9.84 Å². The minimum atomic E-state index is -0.894. The molecule has 0 radical (unpaired) electrons. The number of fused-ring (bicyclic) bond motifs is 1. The highest BCUT2D eigenvalue weighted by Gasteiger charge is 2.59. The van der Waals surface area contributed by atoms with Gasteiger partial charge in [-0.3, -0.25) is 0 Å². The molecule has 2 atom stereocenters. The smallest absolute Gasteiger partial charge is 0.175 e. The second kappa shape index (κ2) is 3.06. The van der Waals surface area contributed by atoms with E-state index in [9.17, 15) is 5.11 Å². The number of benzene rings is 1. The first-order valence-electron chi connectivity index (χ1n) is 5.69. The summed E-state index contributed by atoms with van der Waals surface area (Å²) in [6, 6.07) is 10.3.